The molecule has 0 aliphatic rings. The van der Waals surface area contributed by atoms with Crippen molar-refractivity contribution in [1.82, 2.24) is 15.1 Å². The summed E-state index contributed by atoms with van der Waals surface area (Å²) in [6.45, 7) is 3.05. The molecule has 4 heteroatoms. The zero-order valence-corrected chi connectivity index (χ0v) is 8.18. The zero-order chi connectivity index (χ0) is 8.65. The molecular formula is C8H15N3S. The maximum absolute atomic E-state index is 4.11. The lowest BCUT2D eigenvalue weighted by atomic mass is 10.6. The molecule has 1 aromatic heterocycles. The van der Waals surface area contributed by atoms with E-state index in [1.807, 2.05) is 34.9 Å². The summed E-state index contributed by atoms with van der Waals surface area (Å²) in [6, 6.07) is 1.95. The largest absolute Gasteiger partial charge is 0.314 e. The lowest BCUT2D eigenvalue weighted by Crippen LogP contribution is -2.22. The number of nitrogens with zero attached hydrogens (tertiary/aromatic N) is 2. The molecular weight excluding hydrogens is 170 g/mol. The van der Waals surface area contributed by atoms with Crippen molar-refractivity contribution in [3.05, 3.63) is 18.5 Å². The van der Waals surface area contributed by atoms with Crippen molar-refractivity contribution in [3.63, 3.8) is 0 Å². The van der Waals surface area contributed by atoms with Crippen molar-refractivity contribution in [2.45, 2.75) is 6.54 Å². The second-order valence-corrected chi connectivity index (χ2v) is 3.50. The highest BCUT2D eigenvalue weighted by Gasteiger charge is 1.89. The van der Waals surface area contributed by atoms with Crippen molar-refractivity contribution in [2.75, 3.05) is 25.1 Å². The first-order valence-electron chi connectivity index (χ1n) is 4.10. The molecule has 68 valence electrons. The Hall–Kier alpha value is -0.480. The highest BCUT2D eigenvalue weighted by Crippen LogP contribution is 1.87. The molecule has 0 aromatic carbocycles. The van der Waals surface area contributed by atoms with Gasteiger partial charge in [0.1, 0.15) is 0 Å². The van der Waals surface area contributed by atoms with Crippen LogP contribution in [0.3, 0.4) is 0 Å². The van der Waals surface area contributed by atoms with Gasteiger partial charge in [-0.15, -0.1) is 0 Å². The molecule has 1 heterocycles. The first-order valence-corrected chi connectivity index (χ1v) is 5.50. The number of hydrogen-bond donors (Lipinski definition) is 1. The summed E-state index contributed by atoms with van der Waals surface area (Å²) in [5, 5.41) is 7.45. The van der Waals surface area contributed by atoms with Gasteiger partial charge in [0.25, 0.3) is 0 Å². The third-order valence-electron chi connectivity index (χ3n) is 1.56. The van der Waals surface area contributed by atoms with Crippen LogP contribution in [0, 0.1) is 0 Å². The number of hydrogen-bond acceptors (Lipinski definition) is 3. The van der Waals surface area contributed by atoms with Crippen molar-refractivity contribution >= 4 is 11.8 Å². The smallest absolute Gasteiger partial charge is 0.0533 e. The van der Waals surface area contributed by atoms with E-state index in [-0.39, 0.29) is 0 Å². The maximum atomic E-state index is 4.11. The molecule has 0 aliphatic heterocycles. The van der Waals surface area contributed by atoms with E-state index >= 15 is 0 Å². The van der Waals surface area contributed by atoms with E-state index < -0.39 is 0 Å². The van der Waals surface area contributed by atoms with E-state index in [2.05, 4.69) is 16.7 Å². The minimum absolute atomic E-state index is 0.960. The molecule has 3 nitrogen and oxygen atoms in total. The van der Waals surface area contributed by atoms with Gasteiger partial charge >= 0.3 is 0 Å². The third kappa shape index (κ3) is 3.78. The fourth-order valence-corrected chi connectivity index (χ4v) is 1.27. The second kappa shape index (κ2) is 6.08. The molecule has 0 saturated carbocycles. The first kappa shape index (κ1) is 9.61. The Morgan fingerprint density at radius 3 is 3.08 bits per heavy atom. The number of thioether (sulfide) groups is 1. The van der Waals surface area contributed by atoms with Gasteiger partial charge in [-0.05, 0) is 12.3 Å². The molecule has 0 amide bonds. The van der Waals surface area contributed by atoms with Gasteiger partial charge in [-0.1, -0.05) is 0 Å². The van der Waals surface area contributed by atoms with Crippen LogP contribution in [0.1, 0.15) is 0 Å². The molecule has 0 spiro atoms. The van der Waals surface area contributed by atoms with Gasteiger partial charge in [0.15, 0.2) is 0 Å². The van der Waals surface area contributed by atoms with Crippen molar-refractivity contribution < 1.29 is 0 Å². The lowest BCUT2D eigenvalue weighted by Gasteiger charge is -2.02. The van der Waals surface area contributed by atoms with Crippen LogP contribution in [-0.2, 0) is 6.54 Å². The van der Waals surface area contributed by atoms with Crippen LogP contribution in [-0.4, -0.2) is 34.9 Å². The van der Waals surface area contributed by atoms with Crippen LogP contribution in [0.15, 0.2) is 18.5 Å². The van der Waals surface area contributed by atoms with Gasteiger partial charge in [0.2, 0.25) is 0 Å². The molecule has 12 heavy (non-hydrogen) atoms. The average Bonchev–Trinajstić information content (AvgIpc) is 2.57. The fourth-order valence-electron chi connectivity index (χ4n) is 0.926. The minimum Gasteiger partial charge on any atom is -0.314 e. The van der Waals surface area contributed by atoms with E-state index in [4.69, 9.17) is 0 Å². The van der Waals surface area contributed by atoms with Crippen LogP contribution in [0.25, 0.3) is 0 Å². The molecule has 1 aromatic rings. The number of aromatic nitrogens is 2. The SMILES string of the molecule is CSCCNCCn1cccn1. The van der Waals surface area contributed by atoms with E-state index in [0.717, 1.165) is 19.6 Å². The molecule has 0 saturated heterocycles. The molecule has 0 atom stereocenters. The van der Waals surface area contributed by atoms with Crippen LogP contribution in [0.4, 0.5) is 0 Å². The highest BCUT2D eigenvalue weighted by molar-refractivity contribution is 7.98. The van der Waals surface area contributed by atoms with Crippen LogP contribution in [0.2, 0.25) is 0 Å². The van der Waals surface area contributed by atoms with Gasteiger partial charge in [-0.2, -0.15) is 16.9 Å². The zero-order valence-electron chi connectivity index (χ0n) is 7.36. The lowest BCUT2D eigenvalue weighted by molar-refractivity contribution is 0.567. The molecule has 1 rings (SSSR count). The monoisotopic (exact) mass is 185 g/mol. The van der Waals surface area contributed by atoms with Crippen LogP contribution < -0.4 is 5.32 Å². The maximum Gasteiger partial charge on any atom is 0.0533 e. The Morgan fingerprint density at radius 2 is 2.42 bits per heavy atom. The minimum atomic E-state index is 0.960. The quantitative estimate of drug-likeness (QED) is 0.666. The topological polar surface area (TPSA) is 29.9 Å². The third-order valence-corrected chi connectivity index (χ3v) is 2.17. The summed E-state index contributed by atoms with van der Waals surface area (Å²) >= 11 is 1.86. The molecule has 0 fully saturated rings. The Morgan fingerprint density at radius 1 is 1.50 bits per heavy atom. The average molecular weight is 185 g/mol. The predicted molar refractivity (Wildman–Crippen MR) is 53.5 cm³/mol. The Balaban J connectivity index is 1.96. The Labute approximate surface area is 77.5 Å². The molecule has 0 bridgehead atoms. The van der Waals surface area contributed by atoms with Crippen molar-refractivity contribution in [2.24, 2.45) is 0 Å². The first-order chi connectivity index (χ1) is 5.93. The Bertz CT molecular complexity index is 186. The van der Waals surface area contributed by atoms with Crippen molar-refractivity contribution in [3.8, 4) is 0 Å². The highest BCUT2D eigenvalue weighted by atomic mass is 32.2. The van der Waals surface area contributed by atoms with Crippen LogP contribution in [0.5, 0.6) is 0 Å². The van der Waals surface area contributed by atoms with E-state index in [0.29, 0.717) is 0 Å². The van der Waals surface area contributed by atoms with Gasteiger partial charge in [0.05, 0.1) is 6.54 Å². The fraction of sp³-hybridized carbons (Fsp3) is 0.625. The summed E-state index contributed by atoms with van der Waals surface area (Å²) in [4.78, 5) is 0. The summed E-state index contributed by atoms with van der Waals surface area (Å²) in [5.74, 6) is 1.18. The number of nitrogens with one attached hydrogen (secondary N) is 1. The standard InChI is InChI=1S/C8H15N3S/c1-12-8-5-9-4-7-11-6-2-3-10-11/h2-3,6,9H,4-5,7-8H2,1H3. The summed E-state index contributed by atoms with van der Waals surface area (Å²) in [5.41, 5.74) is 0. The molecule has 0 aliphatic carbocycles. The normalized spacial score (nSPS) is 10.4. The Kier molecular flexibility index (Phi) is 4.87. The predicted octanol–water partition coefficient (Wildman–Crippen LogP) is 0.836. The van der Waals surface area contributed by atoms with Gasteiger partial charge in [-0.25, -0.2) is 0 Å². The van der Waals surface area contributed by atoms with E-state index in [1.54, 1.807) is 0 Å². The summed E-state index contributed by atoms with van der Waals surface area (Å²) in [6.07, 6.45) is 5.91. The van der Waals surface area contributed by atoms with Gasteiger partial charge in [-0.3, -0.25) is 4.68 Å². The van der Waals surface area contributed by atoms with Gasteiger partial charge < -0.3 is 5.32 Å². The van der Waals surface area contributed by atoms with Gasteiger partial charge in [0, 0.05) is 31.2 Å². The summed E-state index contributed by atoms with van der Waals surface area (Å²) in [7, 11) is 0. The summed E-state index contributed by atoms with van der Waals surface area (Å²) < 4.78 is 1.94. The van der Waals surface area contributed by atoms with Crippen LogP contribution >= 0.6 is 11.8 Å². The van der Waals surface area contributed by atoms with E-state index in [9.17, 15) is 0 Å². The van der Waals surface area contributed by atoms with E-state index in [1.165, 1.54) is 5.75 Å². The van der Waals surface area contributed by atoms with Crippen molar-refractivity contribution in [1.29, 1.82) is 0 Å². The number of rotatable bonds is 6. The second-order valence-electron chi connectivity index (χ2n) is 2.51. The molecule has 0 radical (unpaired) electrons. The molecule has 1 N–H and O–H groups in total. The molecule has 0 unspecified atom stereocenters.